The van der Waals surface area contributed by atoms with E-state index in [1.54, 1.807) is 20.8 Å². The van der Waals surface area contributed by atoms with Gasteiger partial charge in [0.05, 0.1) is 19.6 Å². The fourth-order valence-corrected chi connectivity index (χ4v) is 3.77. The molecule has 2 saturated heterocycles. The molecule has 0 saturated carbocycles. The lowest BCUT2D eigenvalue weighted by atomic mass is 10.1. The van der Waals surface area contributed by atoms with Crippen molar-refractivity contribution in [2.75, 3.05) is 13.2 Å². The molecule has 3 rings (SSSR count). The first-order valence-electron chi connectivity index (χ1n) is 11.5. The minimum absolute atomic E-state index is 0.0195. The van der Waals surface area contributed by atoms with Crippen molar-refractivity contribution >= 4 is 18.0 Å². The maximum absolute atomic E-state index is 13.2. The van der Waals surface area contributed by atoms with Gasteiger partial charge in [-0.25, -0.2) is 4.79 Å². The Balaban J connectivity index is 1.69. The molecule has 0 bridgehead atoms. The zero-order chi connectivity index (χ0) is 24.0. The Hall–Kier alpha value is -2.81. The van der Waals surface area contributed by atoms with Gasteiger partial charge in [0.15, 0.2) is 0 Å². The zero-order valence-corrected chi connectivity index (χ0v) is 19.7. The first kappa shape index (κ1) is 24.8. The molecular formula is C24H34N2O7. The predicted octanol–water partition coefficient (Wildman–Crippen LogP) is 3.02. The quantitative estimate of drug-likeness (QED) is 0.468. The average Bonchev–Trinajstić information content (AvgIpc) is 3.31. The average molecular weight is 463 g/mol. The zero-order valence-electron chi connectivity index (χ0n) is 19.7. The topological polar surface area (TPSA) is 103 Å². The first-order valence-corrected chi connectivity index (χ1v) is 11.5. The van der Waals surface area contributed by atoms with E-state index in [9.17, 15) is 14.4 Å². The number of nitrogens with one attached hydrogen (secondary N) is 1. The molecule has 1 aromatic carbocycles. The van der Waals surface area contributed by atoms with Crippen LogP contribution in [0.15, 0.2) is 30.3 Å². The lowest BCUT2D eigenvalue weighted by Gasteiger charge is -2.28. The summed E-state index contributed by atoms with van der Waals surface area (Å²) in [6.07, 6.45) is 0.273. The van der Waals surface area contributed by atoms with Crippen LogP contribution in [0.3, 0.4) is 0 Å². The maximum atomic E-state index is 13.2. The van der Waals surface area contributed by atoms with E-state index in [0.29, 0.717) is 18.8 Å². The number of benzene rings is 1. The number of unbranched alkanes of at least 4 members (excludes halogenated alkanes) is 1. The second-order valence-electron chi connectivity index (χ2n) is 9.34. The molecule has 0 radical (unpaired) electrons. The third-order valence-electron chi connectivity index (χ3n) is 5.31. The van der Waals surface area contributed by atoms with Crippen LogP contribution < -0.4 is 10.1 Å². The summed E-state index contributed by atoms with van der Waals surface area (Å²) in [5.74, 6) is -0.165. The fraction of sp³-hybridized carbons (Fsp3) is 0.625. The van der Waals surface area contributed by atoms with Gasteiger partial charge in [-0.05, 0) is 39.3 Å². The summed E-state index contributed by atoms with van der Waals surface area (Å²) in [7, 11) is 0. The Morgan fingerprint density at radius 1 is 1.21 bits per heavy atom. The van der Waals surface area contributed by atoms with Gasteiger partial charge >= 0.3 is 12.1 Å². The van der Waals surface area contributed by atoms with Crippen LogP contribution in [0.25, 0.3) is 0 Å². The molecule has 2 amide bonds. The van der Waals surface area contributed by atoms with E-state index in [1.165, 1.54) is 4.90 Å². The van der Waals surface area contributed by atoms with Gasteiger partial charge < -0.3 is 24.3 Å². The van der Waals surface area contributed by atoms with Gasteiger partial charge in [-0.2, -0.15) is 0 Å². The molecule has 2 heterocycles. The van der Waals surface area contributed by atoms with Crippen molar-refractivity contribution in [1.29, 1.82) is 0 Å². The van der Waals surface area contributed by atoms with E-state index in [2.05, 4.69) is 5.32 Å². The first-order chi connectivity index (χ1) is 15.7. The highest BCUT2D eigenvalue weighted by Gasteiger charge is 2.45. The van der Waals surface area contributed by atoms with Crippen molar-refractivity contribution in [2.24, 2.45) is 0 Å². The largest absolute Gasteiger partial charge is 0.488 e. The van der Waals surface area contributed by atoms with Gasteiger partial charge in [-0.15, -0.1) is 0 Å². The molecule has 0 spiro atoms. The lowest BCUT2D eigenvalue weighted by Crippen LogP contribution is -2.51. The lowest BCUT2D eigenvalue weighted by molar-refractivity contribution is -0.165. The van der Waals surface area contributed by atoms with Gasteiger partial charge in [0, 0.05) is 6.42 Å². The van der Waals surface area contributed by atoms with Crippen molar-refractivity contribution < 1.29 is 33.3 Å². The summed E-state index contributed by atoms with van der Waals surface area (Å²) < 4.78 is 22.4. The standard InChI is InChI=1S/C24H34N2O7/c1-5-6-12-30-22-18(14-20(27)32-22)25-21(28)19-13-17(31-16-10-8-7-9-11-16)15-26(19)23(29)33-24(2,3)4/h7-11,17-19,22H,5-6,12-15H2,1-4H3,(H,25,28)/t17-,18+,19+,22?/m1/s1. The predicted molar refractivity (Wildman–Crippen MR) is 119 cm³/mol. The number of amides is 2. The van der Waals surface area contributed by atoms with Crippen LogP contribution in [0.2, 0.25) is 0 Å². The summed E-state index contributed by atoms with van der Waals surface area (Å²) >= 11 is 0. The Bertz CT molecular complexity index is 824. The van der Waals surface area contributed by atoms with E-state index in [4.69, 9.17) is 18.9 Å². The number of para-hydroxylation sites is 1. The second-order valence-corrected chi connectivity index (χ2v) is 9.34. The number of ether oxygens (including phenoxy) is 4. The third kappa shape index (κ3) is 7.08. The van der Waals surface area contributed by atoms with Crippen LogP contribution in [0.5, 0.6) is 5.75 Å². The van der Waals surface area contributed by atoms with Crippen LogP contribution in [-0.4, -0.2) is 66.1 Å². The van der Waals surface area contributed by atoms with E-state index in [1.807, 2.05) is 37.3 Å². The number of hydrogen-bond donors (Lipinski definition) is 1. The van der Waals surface area contributed by atoms with Crippen LogP contribution >= 0.6 is 0 Å². The molecule has 9 heteroatoms. The number of hydrogen-bond acceptors (Lipinski definition) is 7. The van der Waals surface area contributed by atoms with Crippen LogP contribution in [0.4, 0.5) is 4.79 Å². The van der Waals surface area contributed by atoms with Gasteiger partial charge in [0.2, 0.25) is 12.2 Å². The Morgan fingerprint density at radius 3 is 2.61 bits per heavy atom. The van der Waals surface area contributed by atoms with Crippen LogP contribution in [0, 0.1) is 0 Å². The van der Waals surface area contributed by atoms with Crippen molar-refractivity contribution in [3.63, 3.8) is 0 Å². The maximum Gasteiger partial charge on any atom is 0.411 e. The number of carbonyl (C=O) groups is 3. The van der Waals surface area contributed by atoms with Crippen LogP contribution in [-0.2, 0) is 23.8 Å². The number of esters is 1. The minimum atomic E-state index is -0.833. The molecule has 1 aromatic rings. The fourth-order valence-electron chi connectivity index (χ4n) is 3.77. The highest BCUT2D eigenvalue weighted by atomic mass is 16.7. The van der Waals surface area contributed by atoms with Crippen molar-refractivity contribution in [1.82, 2.24) is 10.2 Å². The van der Waals surface area contributed by atoms with E-state index in [0.717, 1.165) is 12.8 Å². The highest BCUT2D eigenvalue weighted by Crippen LogP contribution is 2.26. The third-order valence-corrected chi connectivity index (χ3v) is 5.31. The molecule has 1 N–H and O–H groups in total. The summed E-state index contributed by atoms with van der Waals surface area (Å²) in [5.41, 5.74) is -0.708. The molecule has 2 aliphatic heterocycles. The molecule has 33 heavy (non-hydrogen) atoms. The Morgan fingerprint density at radius 2 is 1.94 bits per heavy atom. The van der Waals surface area contributed by atoms with E-state index >= 15 is 0 Å². The molecule has 2 aliphatic rings. The van der Waals surface area contributed by atoms with Gasteiger partial charge in [-0.3, -0.25) is 14.5 Å². The summed E-state index contributed by atoms with van der Waals surface area (Å²) in [6, 6.07) is 7.83. The SMILES string of the molecule is CCCCOC1OC(=O)C[C@@H]1NC(=O)[C@@H]1C[C@@H](Oc2ccccc2)CN1C(=O)OC(C)(C)C. The van der Waals surface area contributed by atoms with Crippen molar-refractivity contribution in [3.05, 3.63) is 30.3 Å². The smallest absolute Gasteiger partial charge is 0.411 e. The molecule has 4 atom stereocenters. The monoisotopic (exact) mass is 462 g/mol. The second kappa shape index (κ2) is 10.9. The summed E-state index contributed by atoms with van der Waals surface area (Å²) in [4.78, 5) is 39.3. The minimum Gasteiger partial charge on any atom is -0.488 e. The molecule has 182 valence electrons. The normalized spacial score (nSPS) is 25.0. The van der Waals surface area contributed by atoms with Gasteiger partial charge in [0.1, 0.15) is 29.5 Å². The van der Waals surface area contributed by atoms with E-state index < -0.39 is 41.9 Å². The number of nitrogens with zero attached hydrogens (tertiary/aromatic N) is 1. The Kier molecular flexibility index (Phi) is 8.18. The molecule has 0 aromatic heterocycles. The Labute approximate surface area is 194 Å². The highest BCUT2D eigenvalue weighted by molar-refractivity contribution is 5.87. The molecular weight excluding hydrogens is 428 g/mol. The molecule has 1 unspecified atom stereocenters. The summed E-state index contributed by atoms with van der Waals surface area (Å²) in [6.45, 7) is 7.98. The molecule has 0 aliphatic carbocycles. The summed E-state index contributed by atoms with van der Waals surface area (Å²) in [5, 5.41) is 2.85. The van der Waals surface area contributed by atoms with Gasteiger partial charge in [0.25, 0.3) is 0 Å². The van der Waals surface area contributed by atoms with Crippen LogP contribution in [0.1, 0.15) is 53.4 Å². The number of cyclic esters (lactones) is 1. The van der Waals surface area contributed by atoms with Crippen molar-refractivity contribution in [3.8, 4) is 5.75 Å². The number of rotatable bonds is 8. The van der Waals surface area contributed by atoms with Crippen molar-refractivity contribution in [2.45, 2.75) is 83.5 Å². The molecule has 9 nitrogen and oxygen atoms in total. The number of likely N-dealkylation sites (tertiary alicyclic amines) is 1. The molecule has 2 fully saturated rings. The van der Waals surface area contributed by atoms with E-state index in [-0.39, 0.29) is 19.1 Å². The van der Waals surface area contributed by atoms with Gasteiger partial charge in [-0.1, -0.05) is 31.5 Å². The number of carbonyl (C=O) groups excluding carboxylic acids is 3.